The second-order valence-electron chi connectivity index (χ2n) is 5.89. The topological polar surface area (TPSA) is 12.0 Å². The van der Waals surface area contributed by atoms with E-state index < -0.39 is 0 Å². The number of halogens is 1. The monoisotopic (exact) mass is 237 g/mol. The lowest BCUT2D eigenvalue weighted by Gasteiger charge is -2.19. The van der Waals surface area contributed by atoms with Crippen LogP contribution in [0.1, 0.15) is 52.1 Å². The molecule has 2 heteroatoms. The van der Waals surface area contributed by atoms with Crippen molar-refractivity contribution in [2.75, 3.05) is 6.54 Å². The van der Waals surface area contributed by atoms with Crippen LogP contribution in [0.15, 0.2) is 24.3 Å². The number of hydrogen-bond donors (Lipinski definition) is 1. The summed E-state index contributed by atoms with van der Waals surface area (Å²) >= 11 is 0. The lowest BCUT2D eigenvalue weighted by molar-refractivity contribution is 0.357. The van der Waals surface area contributed by atoms with Crippen LogP contribution in [0, 0.1) is 11.2 Å². The van der Waals surface area contributed by atoms with Gasteiger partial charge in [0.25, 0.3) is 0 Å². The van der Waals surface area contributed by atoms with Gasteiger partial charge in [-0.2, -0.15) is 0 Å². The van der Waals surface area contributed by atoms with Crippen molar-refractivity contribution in [3.63, 3.8) is 0 Å². The molecule has 0 spiro atoms. The van der Waals surface area contributed by atoms with Gasteiger partial charge in [0, 0.05) is 6.04 Å². The summed E-state index contributed by atoms with van der Waals surface area (Å²) in [6.07, 6.45) is 2.39. The third-order valence-corrected chi connectivity index (χ3v) is 2.92. The Morgan fingerprint density at radius 3 is 2.29 bits per heavy atom. The van der Waals surface area contributed by atoms with Gasteiger partial charge >= 0.3 is 0 Å². The molecule has 17 heavy (non-hydrogen) atoms. The molecule has 1 aromatic carbocycles. The molecule has 0 aromatic heterocycles. The predicted octanol–water partition coefficient (Wildman–Crippen LogP) is 4.30. The fraction of sp³-hybridized carbons (Fsp3) is 0.600. The first-order valence-electron chi connectivity index (χ1n) is 6.37. The van der Waals surface area contributed by atoms with E-state index in [0.29, 0.717) is 5.41 Å². The van der Waals surface area contributed by atoms with Crippen LogP contribution in [0.25, 0.3) is 0 Å². The first-order chi connectivity index (χ1) is 7.88. The Bertz CT molecular complexity index is 324. The van der Waals surface area contributed by atoms with Gasteiger partial charge in [0.1, 0.15) is 5.82 Å². The minimum atomic E-state index is -0.173. The van der Waals surface area contributed by atoms with E-state index in [-0.39, 0.29) is 11.9 Å². The smallest absolute Gasteiger partial charge is 0.123 e. The molecule has 0 fully saturated rings. The van der Waals surface area contributed by atoms with Crippen LogP contribution < -0.4 is 5.32 Å². The van der Waals surface area contributed by atoms with Crippen molar-refractivity contribution < 1.29 is 4.39 Å². The van der Waals surface area contributed by atoms with Crippen LogP contribution in [0.3, 0.4) is 0 Å². The van der Waals surface area contributed by atoms with Crippen molar-refractivity contribution in [3.8, 4) is 0 Å². The van der Waals surface area contributed by atoms with E-state index in [2.05, 4.69) is 33.0 Å². The minimum Gasteiger partial charge on any atom is -0.310 e. The quantitative estimate of drug-likeness (QED) is 0.753. The van der Waals surface area contributed by atoms with E-state index in [1.165, 1.54) is 25.0 Å². The van der Waals surface area contributed by atoms with Crippen molar-refractivity contribution in [1.29, 1.82) is 0 Å². The highest BCUT2D eigenvalue weighted by Gasteiger charge is 2.10. The molecule has 1 aromatic rings. The van der Waals surface area contributed by atoms with Crippen LogP contribution in [-0.2, 0) is 0 Å². The molecule has 1 rings (SSSR count). The van der Waals surface area contributed by atoms with E-state index in [1.807, 2.05) is 12.1 Å². The van der Waals surface area contributed by atoms with Gasteiger partial charge < -0.3 is 5.32 Å². The summed E-state index contributed by atoms with van der Waals surface area (Å²) in [5, 5.41) is 3.47. The summed E-state index contributed by atoms with van der Waals surface area (Å²) in [5.74, 6) is -0.173. The lowest BCUT2D eigenvalue weighted by Crippen LogP contribution is -2.21. The van der Waals surface area contributed by atoms with Crippen LogP contribution in [-0.4, -0.2) is 6.54 Å². The summed E-state index contributed by atoms with van der Waals surface area (Å²) in [6, 6.07) is 7.01. The zero-order valence-corrected chi connectivity index (χ0v) is 11.4. The normalized spacial score (nSPS) is 13.7. The summed E-state index contributed by atoms with van der Waals surface area (Å²) in [4.78, 5) is 0. The fourth-order valence-corrected chi connectivity index (χ4v) is 1.81. The van der Waals surface area contributed by atoms with Gasteiger partial charge in [0.15, 0.2) is 0 Å². The largest absolute Gasteiger partial charge is 0.310 e. The van der Waals surface area contributed by atoms with E-state index in [4.69, 9.17) is 0 Å². The van der Waals surface area contributed by atoms with Gasteiger partial charge in [-0.15, -0.1) is 0 Å². The van der Waals surface area contributed by atoms with Gasteiger partial charge in [-0.25, -0.2) is 4.39 Å². The summed E-state index contributed by atoms with van der Waals surface area (Å²) in [6.45, 7) is 9.91. The molecule has 1 nitrogen and oxygen atoms in total. The lowest BCUT2D eigenvalue weighted by atomic mass is 9.90. The van der Waals surface area contributed by atoms with Crippen molar-refractivity contribution in [2.45, 2.75) is 46.6 Å². The second-order valence-corrected chi connectivity index (χ2v) is 5.89. The molecular formula is C15H24FN. The Hall–Kier alpha value is -0.890. The van der Waals surface area contributed by atoms with Crippen LogP contribution in [0.2, 0.25) is 0 Å². The third-order valence-electron chi connectivity index (χ3n) is 2.92. The Labute approximate surface area is 104 Å². The highest BCUT2D eigenvalue weighted by atomic mass is 19.1. The highest BCUT2D eigenvalue weighted by Crippen LogP contribution is 2.20. The van der Waals surface area contributed by atoms with Gasteiger partial charge in [0.05, 0.1) is 0 Å². The molecule has 1 N–H and O–H groups in total. The average molecular weight is 237 g/mol. The minimum absolute atomic E-state index is 0.173. The first-order valence-corrected chi connectivity index (χ1v) is 6.37. The van der Waals surface area contributed by atoms with Crippen molar-refractivity contribution in [1.82, 2.24) is 5.32 Å². The number of hydrogen-bond acceptors (Lipinski definition) is 1. The van der Waals surface area contributed by atoms with Crippen molar-refractivity contribution in [3.05, 3.63) is 35.6 Å². The van der Waals surface area contributed by atoms with Gasteiger partial charge in [-0.05, 0) is 49.4 Å². The SMILES string of the molecule is C[C@@H](NCCCC(C)(C)C)c1ccc(F)cc1. The molecule has 0 amide bonds. The molecule has 0 aliphatic rings. The third kappa shape index (κ3) is 5.83. The van der Waals surface area contributed by atoms with Crippen LogP contribution >= 0.6 is 0 Å². The molecule has 0 saturated carbocycles. The molecule has 96 valence electrons. The molecule has 0 unspecified atom stereocenters. The maximum absolute atomic E-state index is 12.8. The van der Waals surface area contributed by atoms with Gasteiger partial charge in [-0.1, -0.05) is 32.9 Å². The highest BCUT2D eigenvalue weighted by molar-refractivity contribution is 5.19. The molecule has 0 saturated heterocycles. The Morgan fingerprint density at radius 1 is 1.18 bits per heavy atom. The molecule has 1 atom stereocenters. The molecule has 0 bridgehead atoms. The van der Waals surface area contributed by atoms with E-state index >= 15 is 0 Å². The number of benzene rings is 1. The van der Waals surface area contributed by atoms with E-state index in [9.17, 15) is 4.39 Å². The van der Waals surface area contributed by atoms with Crippen LogP contribution in [0.5, 0.6) is 0 Å². The Morgan fingerprint density at radius 2 is 1.76 bits per heavy atom. The van der Waals surface area contributed by atoms with Crippen molar-refractivity contribution >= 4 is 0 Å². The summed E-state index contributed by atoms with van der Waals surface area (Å²) in [7, 11) is 0. The molecule has 0 heterocycles. The van der Waals surface area contributed by atoms with Crippen LogP contribution in [0.4, 0.5) is 4.39 Å². The fourth-order valence-electron chi connectivity index (χ4n) is 1.81. The van der Waals surface area contributed by atoms with E-state index in [0.717, 1.165) is 12.1 Å². The number of rotatable bonds is 5. The molecule has 0 radical (unpaired) electrons. The second kappa shape index (κ2) is 6.15. The maximum Gasteiger partial charge on any atom is 0.123 e. The zero-order chi connectivity index (χ0) is 12.9. The maximum atomic E-state index is 12.8. The Balaban J connectivity index is 2.30. The standard InChI is InChI=1S/C15H24FN/c1-12(13-6-8-14(16)9-7-13)17-11-5-10-15(2,3)4/h6-9,12,17H,5,10-11H2,1-4H3/t12-/m1/s1. The Kier molecular flexibility index (Phi) is 5.13. The first kappa shape index (κ1) is 14.2. The summed E-state index contributed by atoms with van der Waals surface area (Å²) < 4.78 is 12.8. The zero-order valence-electron chi connectivity index (χ0n) is 11.4. The van der Waals surface area contributed by atoms with E-state index in [1.54, 1.807) is 0 Å². The average Bonchev–Trinajstić information content (AvgIpc) is 2.24. The molecule has 0 aliphatic carbocycles. The van der Waals surface area contributed by atoms with Crippen molar-refractivity contribution in [2.24, 2.45) is 5.41 Å². The summed E-state index contributed by atoms with van der Waals surface area (Å²) in [5.41, 5.74) is 1.54. The van der Waals surface area contributed by atoms with Gasteiger partial charge in [-0.3, -0.25) is 0 Å². The molecular weight excluding hydrogens is 213 g/mol. The van der Waals surface area contributed by atoms with Gasteiger partial charge in [0.2, 0.25) is 0 Å². The number of nitrogens with one attached hydrogen (secondary N) is 1. The molecule has 0 aliphatic heterocycles. The predicted molar refractivity (Wildman–Crippen MR) is 71.5 cm³/mol.